The third kappa shape index (κ3) is 7.47. The van der Waals surface area contributed by atoms with E-state index < -0.39 is 0 Å². The number of amides is 1. The number of carbonyl (C=O) groups excluding carboxylic acids is 1. The fourth-order valence-electron chi connectivity index (χ4n) is 3.46. The average molecular weight is 347 g/mol. The van der Waals surface area contributed by atoms with Crippen molar-refractivity contribution < 1.29 is 9.53 Å². The Morgan fingerprint density at radius 2 is 2.00 bits per heavy atom. The molecule has 1 aromatic carbocycles. The van der Waals surface area contributed by atoms with E-state index in [1.165, 1.54) is 37.9 Å². The van der Waals surface area contributed by atoms with E-state index in [4.69, 9.17) is 4.74 Å². The van der Waals surface area contributed by atoms with Crippen molar-refractivity contribution in [1.29, 1.82) is 0 Å². The zero-order valence-corrected chi connectivity index (χ0v) is 16.0. The molecule has 0 atom stereocenters. The van der Waals surface area contributed by atoms with Crippen LogP contribution in [0.25, 0.3) is 0 Å². The van der Waals surface area contributed by atoms with Crippen molar-refractivity contribution in [1.82, 2.24) is 9.80 Å². The lowest BCUT2D eigenvalue weighted by molar-refractivity contribution is -0.128. The zero-order valence-electron chi connectivity index (χ0n) is 16.0. The number of likely N-dealkylation sites (tertiary alicyclic amines) is 1. The largest absolute Gasteiger partial charge is 0.494 e. The Morgan fingerprint density at radius 1 is 1.20 bits per heavy atom. The van der Waals surface area contributed by atoms with Gasteiger partial charge in [0, 0.05) is 26.6 Å². The normalized spacial score (nSPS) is 15.1. The number of rotatable bonds is 10. The van der Waals surface area contributed by atoms with Crippen molar-refractivity contribution in [3.05, 3.63) is 29.8 Å². The van der Waals surface area contributed by atoms with Gasteiger partial charge in [-0.25, -0.2) is 0 Å². The van der Waals surface area contributed by atoms with E-state index >= 15 is 0 Å². The molecule has 1 aromatic rings. The molecule has 2 rings (SSSR count). The number of aryl methyl sites for hydroxylation is 1. The molecule has 1 saturated heterocycles. The molecule has 1 aliphatic heterocycles. The third-order valence-corrected chi connectivity index (χ3v) is 4.96. The van der Waals surface area contributed by atoms with E-state index in [0.717, 1.165) is 51.3 Å². The Hall–Kier alpha value is -1.55. The predicted octanol–water partition coefficient (Wildman–Crippen LogP) is 3.74. The van der Waals surface area contributed by atoms with Crippen LogP contribution in [0, 0.1) is 0 Å². The van der Waals surface area contributed by atoms with Crippen LogP contribution in [0.3, 0.4) is 0 Å². The first-order valence-corrected chi connectivity index (χ1v) is 9.88. The molecule has 0 aliphatic carbocycles. The highest BCUT2D eigenvalue weighted by molar-refractivity contribution is 5.73. The molecule has 0 N–H and O–H groups in total. The molecule has 0 bridgehead atoms. The van der Waals surface area contributed by atoms with Gasteiger partial charge in [0.2, 0.25) is 5.91 Å². The summed E-state index contributed by atoms with van der Waals surface area (Å²) in [5.41, 5.74) is 1.29. The van der Waals surface area contributed by atoms with Gasteiger partial charge in [-0.1, -0.05) is 18.6 Å². The Bertz CT molecular complexity index is 512. The number of benzene rings is 1. The minimum Gasteiger partial charge on any atom is -0.494 e. The molecule has 25 heavy (non-hydrogen) atoms. The monoisotopic (exact) mass is 346 g/mol. The van der Waals surface area contributed by atoms with Gasteiger partial charge in [-0.05, 0) is 69.8 Å². The van der Waals surface area contributed by atoms with E-state index in [9.17, 15) is 4.79 Å². The van der Waals surface area contributed by atoms with Crippen LogP contribution in [0.1, 0.15) is 51.5 Å². The van der Waals surface area contributed by atoms with E-state index in [1.807, 2.05) is 17.9 Å². The number of hydrogen-bond donors (Lipinski definition) is 0. The summed E-state index contributed by atoms with van der Waals surface area (Å²) >= 11 is 0. The van der Waals surface area contributed by atoms with Crippen LogP contribution in [-0.4, -0.2) is 55.0 Å². The Balaban J connectivity index is 1.66. The van der Waals surface area contributed by atoms with E-state index in [-0.39, 0.29) is 5.91 Å². The highest BCUT2D eigenvalue weighted by Crippen LogP contribution is 2.15. The molecule has 0 aromatic heterocycles. The summed E-state index contributed by atoms with van der Waals surface area (Å²) in [6, 6.07) is 8.39. The number of hydrogen-bond acceptors (Lipinski definition) is 3. The molecule has 0 saturated carbocycles. The van der Waals surface area contributed by atoms with Gasteiger partial charge in [-0.2, -0.15) is 0 Å². The molecule has 1 fully saturated rings. The second-order valence-electron chi connectivity index (χ2n) is 6.95. The highest BCUT2D eigenvalue weighted by atomic mass is 16.5. The lowest BCUT2D eigenvalue weighted by atomic mass is 10.1. The van der Waals surface area contributed by atoms with E-state index in [2.05, 4.69) is 23.1 Å². The summed E-state index contributed by atoms with van der Waals surface area (Å²) in [4.78, 5) is 15.9. The lowest BCUT2D eigenvalue weighted by Crippen LogP contribution is -2.31. The van der Waals surface area contributed by atoms with Crippen LogP contribution >= 0.6 is 0 Å². The number of nitrogens with zero attached hydrogens (tertiary/aromatic N) is 2. The lowest BCUT2D eigenvalue weighted by Gasteiger charge is -2.26. The minimum atomic E-state index is 0.160. The SMILES string of the molecule is CCN(CCCc1cccc(OCCCN2CCCCC2)c1)C(C)=O. The maximum absolute atomic E-state index is 11.4. The third-order valence-electron chi connectivity index (χ3n) is 4.96. The first kappa shape index (κ1) is 19.8. The fourth-order valence-corrected chi connectivity index (χ4v) is 3.46. The summed E-state index contributed by atoms with van der Waals surface area (Å²) in [6.07, 6.45) is 7.15. The standard InChI is InChI=1S/C21H34N2O2/c1-3-23(19(2)24)16-8-11-20-10-7-12-21(18-20)25-17-9-15-22-13-5-4-6-14-22/h7,10,12,18H,3-6,8-9,11,13-17H2,1-2H3. The Labute approximate surface area is 153 Å². The van der Waals surface area contributed by atoms with Gasteiger partial charge < -0.3 is 14.5 Å². The zero-order chi connectivity index (χ0) is 17.9. The number of carbonyl (C=O) groups is 1. The number of ether oxygens (including phenoxy) is 1. The first-order chi connectivity index (χ1) is 12.2. The van der Waals surface area contributed by atoms with Crippen LogP contribution in [0.15, 0.2) is 24.3 Å². The van der Waals surface area contributed by atoms with Gasteiger partial charge in [0.1, 0.15) is 5.75 Å². The predicted molar refractivity (Wildman–Crippen MR) is 103 cm³/mol. The Morgan fingerprint density at radius 3 is 2.72 bits per heavy atom. The van der Waals surface area contributed by atoms with Crippen molar-refractivity contribution in [2.45, 2.75) is 52.4 Å². The highest BCUT2D eigenvalue weighted by Gasteiger charge is 2.09. The molecule has 4 heteroatoms. The van der Waals surface area contributed by atoms with Crippen molar-refractivity contribution in [2.24, 2.45) is 0 Å². The maximum atomic E-state index is 11.4. The average Bonchev–Trinajstić information content (AvgIpc) is 2.63. The second kappa shape index (κ2) is 11.1. The molecule has 140 valence electrons. The molecule has 0 spiro atoms. The summed E-state index contributed by atoms with van der Waals surface area (Å²) in [7, 11) is 0. The van der Waals surface area contributed by atoms with Crippen LogP contribution in [-0.2, 0) is 11.2 Å². The molecule has 1 aliphatic rings. The van der Waals surface area contributed by atoms with Crippen molar-refractivity contribution in [2.75, 3.05) is 39.3 Å². The van der Waals surface area contributed by atoms with Crippen molar-refractivity contribution >= 4 is 5.91 Å². The first-order valence-electron chi connectivity index (χ1n) is 9.88. The van der Waals surface area contributed by atoms with E-state index in [1.54, 1.807) is 6.92 Å². The summed E-state index contributed by atoms with van der Waals surface area (Å²) in [5, 5.41) is 0. The smallest absolute Gasteiger partial charge is 0.219 e. The second-order valence-corrected chi connectivity index (χ2v) is 6.95. The molecule has 0 unspecified atom stereocenters. The quantitative estimate of drug-likeness (QED) is 0.605. The van der Waals surface area contributed by atoms with Gasteiger partial charge in [0.15, 0.2) is 0 Å². The summed E-state index contributed by atoms with van der Waals surface area (Å²) < 4.78 is 5.93. The van der Waals surface area contributed by atoms with Crippen LogP contribution < -0.4 is 4.74 Å². The molecular formula is C21H34N2O2. The van der Waals surface area contributed by atoms with Gasteiger partial charge in [0.05, 0.1) is 6.61 Å². The van der Waals surface area contributed by atoms with Crippen LogP contribution in [0.2, 0.25) is 0 Å². The minimum absolute atomic E-state index is 0.160. The molecule has 1 heterocycles. The van der Waals surface area contributed by atoms with Crippen LogP contribution in [0.5, 0.6) is 5.75 Å². The van der Waals surface area contributed by atoms with Gasteiger partial charge in [0.25, 0.3) is 0 Å². The maximum Gasteiger partial charge on any atom is 0.219 e. The molecule has 1 amide bonds. The summed E-state index contributed by atoms with van der Waals surface area (Å²) in [5.74, 6) is 1.13. The van der Waals surface area contributed by atoms with Crippen molar-refractivity contribution in [3.8, 4) is 5.75 Å². The van der Waals surface area contributed by atoms with Crippen LogP contribution in [0.4, 0.5) is 0 Å². The molecular weight excluding hydrogens is 312 g/mol. The number of piperidine rings is 1. The summed E-state index contributed by atoms with van der Waals surface area (Å²) in [6.45, 7) is 9.73. The van der Waals surface area contributed by atoms with Gasteiger partial charge in [-0.3, -0.25) is 4.79 Å². The fraction of sp³-hybridized carbons (Fsp3) is 0.667. The van der Waals surface area contributed by atoms with E-state index in [0.29, 0.717) is 0 Å². The Kier molecular flexibility index (Phi) is 8.81. The molecule has 0 radical (unpaired) electrons. The van der Waals surface area contributed by atoms with Crippen molar-refractivity contribution in [3.63, 3.8) is 0 Å². The van der Waals surface area contributed by atoms with Gasteiger partial charge >= 0.3 is 0 Å². The topological polar surface area (TPSA) is 32.8 Å². The molecule has 4 nitrogen and oxygen atoms in total. The van der Waals surface area contributed by atoms with Gasteiger partial charge in [-0.15, -0.1) is 0 Å².